The van der Waals surface area contributed by atoms with E-state index < -0.39 is 45.8 Å². The van der Waals surface area contributed by atoms with E-state index in [4.69, 9.17) is 4.74 Å². The van der Waals surface area contributed by atoms with Gasteiger partial charge in [-0.1, -0.05) is 0 Å². The molecule has 2 heterocycles. The van der Waals surface area contributed by atoms with E-state index in [9.17, 15) is 39.6 Å². The number of nitrogens with zero attached hydrogens (tertiary/aromatic N) is 4. The van der Waals surface area contributed by atoms with Crippen LogP contribution in [0.25, 0.3) is 0 Å². The van der Waals surface area contributed by atoms with Gasteiger partial charge in [-0.15, -0.1) is 0 Å². The second-order valence-electron chi connectivity index (χ2n) is 7.75. The van der Waals surface area contributed by atoms with Crippen molar-refractivity contribution in [2.24, 2.45) is 0 Å². The highest BCUT2D eigenvalue weighted by Gasteiger charge is 2.39. The third-order valence-corrected chi connectivity index (χ3v) is 6.27. The summed E-state index contributed by atoms with van der Waals surface area (Å²) >= 11 is 0. The first-order valence-electron chi connectivity index (χ1n) is 10.1. The van der Waals surface area contributed by atoms with Crippen LogP contribution < -0.4 is 9.64 Å². The van der Waals surface area contributed by atoms with Crippen molar-refractivity contribution >= 4 is 21.6 Å². The van der Waals surface area contributed by atoms with Gasteiger partial charge in [-0.05, 0) is 31.2 Å². The smallest absolute Gasteiger partial charge is 0.451 e. The van der Waals surface area contributed by atoms with Crippen molar-refractivity contribution in [2.75, 3.05) is 37.3 Å². The lowest BCUT2D eigenvalue weighted by Crippen LogP contribution is -2.49. The molecule has 3 rings (SSSR count). The number of rotatable bonds is 5. The number of amides is 1. The molecule has 0 aliphatic carbocycles. The van der Waals surface area contributed by atoms with Gasteiger partial charge < -0.3 is 14.5 Å². The number of piperazine rings is 1. The summed E-state index contributed by atoms with van der Waals surface area (Å²) in [4.78, 5) is 22.3. The predicted octanol–water partition coefficient (Wildman–Crippen LogP) is 3.19. The van der Waals surface area contributed by atoms with E-state index in [2.05, 4.69) is 9.97 Å². The maximum Gasteiger partial charge on any atom is 0.451 e. The number of ether oxygens (including phenoxy) is 1. The van der Waals surface area contributed by atoms with Gasteiger partial charge in [-0.2, -0.15) is 26.3 Å². The molecule has 0 bridgehead atoms. The van der Waals surface area contributed by atoms with Crippen LogP contribution in [0.15, 0.2) is 35.4 Å². The van der Waals surface area contributed by atoms with E-state index in [1.165, 1.54) is 15.9 Å². The third-order valence-electron chi connectivity index (χ3n) is 5.16. The highest BCUT2D eigenvalue weighted by molar-refractivity contribution is 7.90. The summed E-state index contributed by atoms with van der Waals surface area (Å²) in [6, 6.07) is 4.26. The first kappa shape index (κ1) is 26.5. The fourth-order valence-corrected chi connectivity index (χ4v) is 3.88. The van der Waals surface area contributed by atoms with Crippen LogP contribution in [0.4, 0.5) is 32.2 Å². The van der Waals surface area contributed by atoms with Gasteiger partial charge in [0.2, 0.25) is 5.82 Å². The van der Waals surface area contributed by atoms with Crippen LogP contribution in [-0.2, 0) is 16.0 Å². The molecule has 0 N–H and O–H groups in total. The van der Waals surface area contributed by atoms with Crippen molar-refractivity contribution in [2.45, 2.75) is 30.3 Å². The van der Waals surface area contributed by atoms with Crippen molar-refractivity contribution in [3.63, 3.8) is 0 Å². The molecule has 0 saturated carbocycles. The Kier molecular flexibility index (Phi) is 7.20. The Balaban J connectivity index is 1.83. The van der Waals surface area contributed by atoms with Gasteiger partial charge in [0.15, 0.2) is 15.9 Å². The van der Waals surface area contributed by atoms with E-state index in [1.807, 2.05) is 0 Å². The molecule has 15 heteroatoms. The van der Waals surface area contributed by atoms with Crippen LogP contribution in [0.2, 0.25) is 0 Å². The number of hydrogen-bond donors (Lipinski definition) is 0. The first-order valence-corrected chi connectivity index (χ1v) is 12.0. The lowest BCUT2D eigenvalue weighted by Gasteiger charge is -2.35. The van der Waals surface area contributed by atoms with Gasteiger partial charge in [0.25, 0.3) is 5.91 Å². The maximum atomic E-state index is 13.1. The zero-order valence-electron chi connectivity index (χ0n) is 18.4. The number of benzene rings is 1. The van der Waals surface area contributed by atoms with Crippen molar-refractivity contribution in [3.05, 3.63) is 41.9 Å². The molecule has 2 aromatic rings. The van der Waals surface area contributed by atoms with Gasteiger partial charge in [0.05, 0.1) is 10.5 Å². The van der Waals surface area contributed by atoms with E-state index in [-0.39, 0.29) is 42.5 Å². The minimum Gasteiger partial charge on any atom is -0.480 e. The van der Waals surface area contributed by atoms with Crippen LogP contribution in [0, 0.1) is 0 Å². The van der Waals surface area contributed by atoms with Crippen molar-refractivity contribution in [1.29, 1.82) is 0 Å². The second kappa shape index (κ2) is 9.51. The molecule has 1 aromatic carbocycles. The second-order valence-corrected chi connectivity index (χ2v) is 9.76. The van der Waals surface area contributed by atoms with E-state index in [0.29, 0.717) is 0 Å². The number of halogens is 6. The topological polar surface area (TPSA) is 92.7 Å². The molecular weight excluding hydrogens is 506 g/mol. The summed E-state index contributed by atoms with van der Waals surface area (Å²) in [5.41, 5.74) is -0.376. The van der Waals surface area contributed by atoms with Gasteiger partial charge in [0, 0.05) is 38.6 Å². The number of alkyl halides is 6. The minimum absolute atomic E-state index is 0.00141. The van der Waals surface area contributed by atoms with E-state index in [1.54, 1.807) is 0 Å². The van der Waals surface area contributed by atoms with Crippen LogP contribution in [0.1, 0.15) is 23.1 Å². The Morgan fingerprint density at radius 3 is 2.23 bits per heavy atom. The molecule has 1 atom stereocenters. The number of anilines is 1. The average Bonchev–Trinajstić information content (AvgIpc) is 2.77. The highest BCUT2D eigenvalue weighted by Crippen LogP contribution is 2.31. The monoisotopic (exact) mass is 526 g/mol. The van der Waals surface area contributed by atoms with E-state index >= 15 is 0 Å². The fraction of sp³-hybridized carbons (Fsp3) is 0.450. The number of sulfone groups is 1. The fourth-order valence-electron chi connectivity index (χ4n) is 3.24. The van der Waals surface area contributed by atoms with Crippen LogP contribution in [-0.4, -0.2) is 73.9 Å². The molecule has 1 amide bonds. The van der Waals surface area contributed by atoms with E-state index in [0.717, 1.165) is 37.6 Å². The zero-order chi connectivity index (χ0) is 26.2. The number of carbonyl (C=O) groups excluding carboxylic acids is 1. The van der Waals surface area contributed by atoms with Crippen molar-refractivity contribution < 1.29 is 44.3 Å². The molecule has 0 spiro atoms. The summed E-state index contributed by atoms with van der Waals surface area (Å²) in [6.45, 7) is 0.861. The standard InChI is InChI=1S/C20H20F6N4O4S/c1-12(19(21,22)23)34-15-4-3-13(35(2,32)33)11-14(15)17(31)30-9-7-29(8-10-30)16-5-6-27-18(28-16)20(24,25)26/h3-6,11-12H,7-10H2,1-2H3. The Morgan fingerprint density at radius 1 is 1.06 bits per heavy atom. The molecule has 1 unspecified atom stereocenters. The van der Waals surface area contributed by atoms with Crippen LogP contribution in [0.3, 0.4) is 0 Å². The molecule has 1 saturated heterocycles. The Bertz CT molecular complexity index is 1190. The van der Waals surface area contributed by atoms with Crippen LogP contribution in [0.5, 0.6) is 5.75 Å². The first-order chi connectivity index (χ1) is 16.1. The summed E-state index contributed by atoms with van der Waals surface area (Å²) in [7, 11) is -3.79. The van der Waals surface area contributed by atoms with Crippen molar-refractivity contribution in [1.82, 2.24) is 14.9 Å². The molecule has 1 aliphatic heterocycles. The quantitative estimate of drug-likeness (QED) is 0.553. The predicted molar refractivity (Wildman–Crippen MR) is 111 cm³/mol. The normalized spacial score (nSPS) is 16.2. The Labute approximate surface area is 196 Å². The molecule has 1 fully saturated rings. The molecule has 192 valence electrons. The largest absolute Gasteiger partial charge is 0.480 e. The lowest BCUT2D eigenvalue weighted by molar-refractivity contribution is -0.189. The molecule has 1 aromatic heterocycles. The van der Waals surface area contributed by atoms with Crippen LogP contribution >= 0.6 is 0 Å². The average molecular weight is 526 g/mol. The molecule has 0 radical (unpaired) electrons. The van der Waals surface area contributed by atoms with Crippen molar-refractivity contribution in [3.8, 4) is 5.75 Å². The third kappa shape index (κ3) is 6.32. The maximum absolute atomic E-state index is 13.1. The molecule has 8 nitrogen and oxygen atoms in total. The van der Waals surface area contributed by atoms with Gasteiger partial charge in [0.1, 0.15) is 11.6 Å². The molecular formula is C20H20F6N4O4S. The van der Waals surface area contributed by atoms with Gasteiger partial charge in [-0.3, -0.25) is 4.79 Å². The number of aromatic nitrogens is 2. The molecule has 1 aliphatic rings. The van der Waals surface area contributed by atoms with Gasteiger partial charge >= 0.3 is 12.4 Å². The van der Waals surface area contributed by atoms with Gasteiger partial charge in [-0.25, -0.2) is 18.4 Å². The number of hydrogen-bond acceptors (Lipinski definition) is 7. The summed E-state index contributed by atoms with van der Waals surface area (Å²) in [5, 5.41) is 0. The summed E-state index contributed by atoms with van der Waals surface area (Å²) < 4.78 is 106. The summed E-state index contributed by atoms with van der Waals surface area (Å²) in [6.07, 6.45) is -9.89. The Hall–Kier alpha value is -3.10. The molecule has 35 heavy (non-hydrogen) atoms. The minimum atomic E-state index is -4.73. The number of carbonyl (C=O) groups is 1. The SMILES string of the molecule is CC(Oc1ccc(S(C)(=O)=O)cc1C(=O)N1CCN(c2ccnc(C(F)(F)F)n2)CC1)C(F)(F)F. The zero-order valence-corrected chi connectivity index (χ0v) is 19.2. The lowest BCUT2D eigenvalue weighted by atomic mass is 10.1. The Morgan fingerprint density at radius 2 is 1.69 bits per heavy atom. The highest BCUT2D eigenvalue weighted by atomic mass is 32.2. The summed E-state index contributed by atoms with van der Waals surface area (Å²) in [5.74, 6) is -2.54.